The largest absolute Gasteiger partial charge is 0.481 e. The van der Waals surface area contributed by atoms with Crippen LogP contribution in [0.3, 0.4) is 0 Å². The number of hydrogen-bond acceptors (Lipinski definition) is 2. The van der Waals surface area contributed by atoms with Gasteiger partial charge >= 0.3 is 5.97 Å². The van der Waals surface area contributed by atoms with Crippen molar-refractivity contribution in [1.29, 1.82) is 0 Å². The number of carboxylic acids is 1. The zero-order valence-electron chi connectivity index (χ0n) is 9.33. The average molecular weight is 201 g/mol. The summed E-state index contributed by atoms with van der Waals surface area (Å²) < 4.78 is 0. The zero-order valence-corrected chi connectivity index (χ0v) is 9.33. The molecule has 3 N–H and O–H groups in total. The van der Waals surface area contributed by atoms with Crippen LogP contribution in [-0.4, -0.2) is 17.6 Å². The van der Waals surface area contributed by atoms with Crippen LogP contribution >= 0.6 is 0 Å². The molecule has 1 atom stereocenters. The van der Waals surface area contributed by atoms with Gasteiger partial charge in [0.1, 0.15) is 0 Å². The molecule has 0 aliphatic heterocycles. The molecule has 0 aliphatic carbocycles. The van der Waals surface area contributed by atoms with Gasteiger partial charge in [0.05, 0.1) is 5.92 Å². The van der Waals surface area contributed by atoms with E-state index in [4.69, 9.17) is 10.8 Å². The molecule has 0 saturated heterocycles. The predicted octanol–water partition coefficient (Wildman–Crippen LogP) is 2.25. The smallest absolute Gasteiger partial charge is 0.306 e. The maximum Gasteiger partial charge on any atom is 0.306 e. The molecule has 0 amide bonds. The van der Waals surface area contributed by atoms with E-state index in [2.05, 4.69) is 13.8 Å². The molecule has 0 aromatic carbocycles. The lowest BCUT2D eigenvalue weighted by molar-refractivity contribution is -0.142. The number of carboxylic acid groups (broad SMARTS) is 1. The Hall–Kier alpha value is -0.570. The third-order valence-corrected chi connectivity index (χ3v) is 2.44. The monoisotopic (exact) mass is 201 g/mol. The maximum atomic E-state index is 10.8. The quantitative estimate of drug-likeness (QED) is 0.633. The van der Waals surface area contributed by atoms with Crippen molar-refractivity contribution >= 4 is 5.97 Å². The van der Waals surface area contributed by atoms with Gasteiger partial charge in [-0.15, -0.1) is 0 Å². The summed E-state index contributed by atoms with van der Waals surface area (Å²) in [5, 5.41) is 8.92. The van der Waals surface area contributed by atoms with Gasteiger partial charge in [0.15, 0.2) is 0 Å². The molecule has 0 bridgehead atoms. The van der Waals surface area contributed by atoms with Gasteiger partial charge in [-0.2, -0.15) is 0 Å². The van der Waals surface area contributed by atoms with Crippen LogP contribution < -0.4 is 5.73 Å². The molecule has 3 nitrogen and oxygen atoms in total. The van der Waals surface area contributed by atoms with Gasteiger partial charge in [-0.25, -0.2) is 0 Å². The minimum Gasteiger partial charge on any atom is -0.481 e. The number of aliphatic carboxylic acids is 1. The van der Waals surface area contributed by atoms with Crippen molar-refractivity contribution in [3.63, 3.8) is 0 Å². The van der Waals surface area contributed by atoms with Gasteiger partial charge in [0.25, 0.3) is 0 Å². The molecule has 14 heavy (non-hydrogen) atoms. The van der Waals surface area contributed by atoms with Gasteiger partial charge in [0.2, 0.25) is 0 Å². The third kappa shape index (κ3) is 6.89. The number of rotatable bonds is 8. The third-order valence-electron chi connectivity index (χ3n) is 2.44. The molecule has 0 fully saturated rings. The highest BCUT2D eigenvalue weighted by Crippen LogP contribution is 2.17. The predicted molar refractivity (Wildman–Crippen MR) is 58.1 cm³/mol. The molecule has 0 spiro atoms. The van der Waals surface area contributed by atoms with Crippen LogP contribution in [0, 0.1) is 11.8 Å². The van der Waals surface area contributed by atoms with Crippen molar-refractivity contribution in [3.05, 3.63) is 0 Å². The molecular formula is C11H23NO2. The molecule has 0 aromatic heterocycles. The minimum atomic E-state index is -0.665. The lowest BCUT2D eigenvalue weighted by Crippen LogP contribution is -2.15. The maximum absolute atomic E-state index is 10.8. The second kappa shape index (κ2) is 7.80. The lowest BCUT2D eigenvalue weighted by atomic mass is 9.94. The molecule has 0 aromatic rings. The summed E-state index contributed by atoms with van der Waals surface area (Å²) >= 11 is 0. The Kier molecular flexibility index (Phi) is 7.48. The normalized spacial score (nSPS) is 13.1. The molecule has 0 aliphatic rings. The first-order valence-electron chi connectivity index (χ1n) is 5.50. The van der Waals surface area contributed by atoms with Crippen molar-refractivity contribution in [3.8, 4) is 0 Å². The van der Waals surface area contributed by atoms with E-state index >= 15 is 0 Å². The van der Waals surface area contributed by atoms with Gasteiger partial charge < -0.3 is 10.8 Å². The molecule has 84 valence electrons. The second-order valence-electron chi connectivity index (χ2n) is 4.29. The first-order chi connectivity index (χ1) is 6.57. The summed E-state index contributed by atoms with van der Waals surface area (Å²) in [5.41, 5.74) is 5.36. The fourth-order valence-corrected chi connectivity index (χ4v) is 1.53. The van der Waals surface area contributed by atoms with Crippen molar-refractivity contribution in [2.45, 2.75) is 46.0 Å². The molecular weight excluding hydrogens is 178 g/mol. The summed E-state index contributed by atoms with van der Waals surface area (Å²) in [6.07, 6.45) is 4.47. The zero-order chi connectivity index (χ0) is 11.0. The Balaban J connectivity index is 3.68. The van der Waals surface area contributed by atoms with E-state index in [1.165, 1.54) is 0 Å². The SMILES string of the molecule is CC(C)CCCC(CCCN)C(=O)O. The van der Waals surface area contributed by atoms with Gasteiger partial charge in [-0.05, 0) is 31.7 Å². The second-order valence-corrected chi connectivity index (χ2v) is 4.29. The Morgan fingerprint density at radius 2 is 1.79 bits per heavy atom. The Labute approximate surface area is 86.7 Å². The van der Waals surface area contributed by atoms with Crippen molar-refractivity contribution in [2.24, 2.45) is 17.6 Å². The van der Waals surface area contributed by atoms with E-state index in [-0.39, 0.29) is 5.92 Å². The highest BCUT2D eigenvalue weighted by molar-refractivity contribution is 5.69. The highest BCUT2D eigenvalue weighted by Gasteiger charge is 2.16. The average Bonchev–Trinajstić information content (AvgIpc) is 2.09. The van der Waals surface area contributed by atoms with Crippen LogP contribution in [0.5, 0.6) is 0 Å². The fraction of sp³-hybridized carbons (Fsp3) is 0.909. The Bertz CT molecular complexity index is 157. The van der Waals surface area contributed by atoms with Crippen molar-refractivity contribution < 1.29 is 9.90 Å². The van der Waals surface area contributed by atoms with Gasteiger partial charge in [-0.3, -0.25) is 4.79 Å². The van der Waals surface area contributed by atoms with Crippen LogP contribution in [0.1, 0.15) is 46.0 Å². The van der Waals surface area contributed by atoms with E-state index in [9.17, 15) is 4.79 Å². The van der Waals surface area contributed by atoms with E-state index in [0.717, 1.165) is 32.1 Å². The molecule has 0 radical (unpaired) electrons. The van der Waals surface area contributed by atoms with Gasteiger partial charge in [0, 0.05) is 0 Å². The van der Waals surface area contributed by atoms with E-state index in [0.29, 0.717) is 12.5 Å². The fourth-order valence-electron chi connectivity index (χ4n) is 1.53. The molecule has 3 heteroatoms. The number of carbonyl (C=O) groups is 1. The first-order valence-corrected chi connectivity index (χ1v) is 5.50. The summed E-state index contributed by atoms with van der Waals surface area (Å²) in [4.78, 5) is 10.8. The Morgan fingerprint density at radius 1 is 1.21 bits per heavy atom. The number of hydrogen-bond donors (Lipinski definition) is 2. The lowest BCUT2D eigenvalue weighted by Gasteiger charge is -2.12. The van der Waals surface area contributed by atoms with Crippen molar-refractivity contribution in [1.82, 2.24) is 0 Å². The van der Waals surface area contributed by atoms with Crippen LogP contribution in [0.25, 0.3) is 0 Å². The highest BCUT2D eigenvalue weighted by atomic mass is 16.4. The summed E-state index contributed by atoms with van der Waals surface area (Å²) in [6.45, 7) is 4.92. The van der Waals surface area contributed by atoms with Crippen LogP contribution in [-0.2, 0) is 4.79 Å². The number of nitrogens with two attached hydrogens (primary N) is 1. The summed E-state index contributed by atoms with van der Waals surface area (Å²) in [5.74, 6) is -0.182. The van der Waals surface area contributed by atoms with E-state index < -0.39 is 5.97 Å². The summed E-state index contributed by atoms with van der Waals surface area (Å²) in [6, 6.07) is 0. The molecule has 0 rings (SSSR count). The van der Waals surface area contributed by atoms with E-state index in [1.54, 1.807) is 0 Å². The summed E-state index contributed by atoms with van der Waals surface area (Å²) in [7, 11) is 0. The first kappa shape index (κ1) is 13.4. The molecule has 0 saturated carbocycles. The van der Waals surface area contributed by atoms with Crippen LogP contribution in [0.15, 0.2) is 0 Å². The topological polar surface area (TPSA) is 63.3 Å². The van der Waals surface area contributed by atoms with Crippen LogP contribution in [0.4, 0.5) is 0 Å². The van der Waals surface area contributed by atoms with E-state index in [1.807, 2.05) is 0 Å². The van der Waals surface area contributed by atoms with Crippen molar-refractivity contribution in [2.75, 3.05) is 6.54 Å². The standard InChI is InChI=1S/C11H23NO2/c1-9(2)5-3-6-10(11(13)14)7-4-8-12/h9-10H,3-8,12H2,1-2H3,(H,13,14). The molecule has 0 heterocycles. The minimum absolute atomic E-state index is 0.183. The Morgan fingerprint density at radius 3 is 2.21 bits per heavy atom. The molecule has 1 unspecified atom stereocenters. The van der Waals surface area contributed by atoms with Gasteiger partial charge in [-0.1, -0.05) is 26.7 Å². The van der Waals surface area contributed by atoms with Crippen LogP contribution in [0.2, 0.25) is 0 Å².